The van der Waals surface area contributed by atoms with Gasteiger partial charge >= 0.3 is 6.09 Å². The molecule has 17 nitrogen and oxygen atoms in total. The number of carbonyl (C=O) groups excluding carboxylic acids is 5. The summed E-state index contributed by atoms with van der Waals surface area (Å²) >= 11 is 1.45. The second-order valence-corrected chi connectivity index (χ2v) is 19.1. The molecular weight excluding hydrogens is 831 g/mol. The first-order chi connectivity index (χ1) is 29.9. The molecule has 6 atom stereocenters. The number of nitrogens with one attached hydrogen (secondary N) is 4. The Kier molecular flexibility index (Phi) is 13.1. The van der Waals surface area contributed by atoms with Gasteiger partial charge in [0.2, 0.25) is 23.5 Å². The molecule has 340 valence electrons. The van der Waals surface area contributed by atoms with Gasteiger partial charge in [0.25, 0.3) is 0 Å². The van der Waals surface area contributed by atoms with Gasteiger partial charge in [-0.15, -0.1) is 17.9 Å². The molecule has 1 unspecified atom stereocenters. The van der Waals surface area contributed by atoms with Crippen LogP contribution in [0.2, 0.25) is 0 Å². The van der Waals surface area contributed by atoms with Gasteiger partial charge in [-0.3, -0.25) is 19.2 Å². The maximum Gasteiger partial charge on any atom is 0.408 e. The van der Waals surface area contributed by atoms with Gasteiger partial charge in [-0.05, 0) is 63.5 Å². The minimum Gasteiger partial charge on any atom is -0.497 e. The number of hydrogen-bond acceptors (Lipinski definition) is 14. The second-order valence-electron chi connectivity index (χ2n) is 18.2. The summed E-state index contributed by atoms with van der Waals surface area (Å²) in [7, 11) is 4.35. The van der Waals surface area contributed by atoms with Crippen molar-refractivity contribution < 1.29 is 47.7 Å². The number of fused-ring (bicyclic) bond motifs is 1. The van der Waals surface area contributed by atoms with Crippen molar-refractivity contribution in [2.45, 2.75) is 127 Å². The predicted octanol–water partition coefficient (Wildman–Crippen LogP) is 5.13. The van der Waals surface area contributed by atoms with Crippen LogP contribution in [0.25, 0.3) is 22.3 Å². The van der Waals surface area contributed by atoms with Crippen molar-refractivity contribution in [3.05, 3.63) is 42.3 Å². The highest BCUT2D eigenvalue weighted by Gasteiger charge is 2.64. The van der Waals surface area contributed by atoms with E-state index in [2.05, 4.69) is 27.8 Å². The van der Waals surface area contributed by atoms with Crippen molar-refractivity contribution in [1.29, 1.82) is 0 Å². The summed E-state index contributed by atoms with van der Waals surface area (Å²) in [4.78, 5) is 80.8. The average molecular weight is 890 g/mol. The van der Waals surface area contributed by atoms with Crippen molar-refractivity contribution in [3.8, 4) is 22.9 Å². The van der Waals surface area contributed by atoms with E-state index in [4.69, 9.17) is 33.7 Å². The quantitative estimate of drug-likeness (QED) is 0.109. The first-order valence-electron chi connectivity index (χ1n) is 21.5. The summed E-state index contributed by atoms with van der Waals surface area (Å²) in [5, 5.41) is 15.2. The number of benzene rings is 1. The van der Waals surface area contributed by atoms with E-state index in [1.165, 1.54) is 30.5 Å². The summed E-state index contributed by atoms with van der Waals surface area (Å²) < 4.78 is 29.0. The Morgan fingerprint density at radius 2 is 1.75 bits per heavy atom. The fourth-order valence-electron chi connectivity index (χ4n) is 8.73. The summed E-state index contributed by atoms with van der Waals surface area (Å²) in [6.07, 6.45) is 3.50. The topological polar surface area (TPSA) is 209 Å². The standard InChI is InChI=1S/C45H59N7O10S/c1-10-25-20-44(25,40(56)49-36-34(53)21-45(36,59-8)60-9)51-38(54)33-18-28(22-52(33)39(55)37(43(4,5)6)50-42(57)62-26-13-11-12-14-26)61-35-19-31(32-23-63-41(48-32)46-24(2)3)47-30-17-27(58-7)15-16-29(30)35/h10,15-17,19,23-26,28,33,36-37H,1,11-14,18,20-22H2,2-9H3,(H,46,48)(H,49,56)(H,50,57)(H,51,54)/t25-,28-,33+,36?,37-,44-/m1/s1. The third-order valence-electron chi connectivity index (χ3n) is 12.5. The molecule has 1 aromatic carbocycles. The number of carbonyl (C=O) groups is 5. The predicted molar refractivity (Wildman–Crippen MR) is 235 cm³/mol. The maximum absolute atomic E-state index is 14.9. The first kappa shape index (κ1) is 45.7. The number of rotatable bonds is 16. The zero-order chi connectivity index (χ0) is 45.4. The van der Waals surface area contributed by atoms with Crippen LogP contribution in [0.15, 0.2) is 42.3 Å². The smallest absolute Gasteiger partial charge is 0.408 e. The fraction of sp³-hybridized carbons (Fsp3) is 0.578. The summed E-state index contributed by atoms with van der Waals surface area (Å²) in [5.74, 6) is -2.79. The molecule has 63 heavy (non-hydrogen) atoms. The molecule has 3 heterocycles. The van der Waals surface area contributed by atoms with Crippen molar-refractivity contribution in [2.75, 3.05) is 33.2 Å². The van der Waals surface area contributed by atoms with Crippen LogP contribution in [0.1, 0.15) is 79.6 Å². The van der Waals surface area contributed by atoms with Gasteiger partial charge in [-0.2, -0.15) is 0 Å². The van der Waals surface area contributed by atoms with E-state index < -0.39 is 70.7 Å². The maximum atomic E-state index is 14.9. The zero-order valence-corrected chi connectivity index (χ0v) is 38.0. The van der Waals surface area contributed by atoms with Crippen LogP contribution in [-0.2, 0) is 33.4 Å². The lowest BCUT2D eigenvalue weighted by molar-refractivity contribution is -0.251. The Labute approximate surface area is 371 Å². The molecular formula is C45H59N7O10S. The second kappa shape index (κ2) is 18.0. The Hall–Kier alpha value is -5.33. The number of alkyl carbamates (subject to hydrolysis) is 1. The van der Waals surface area contributed by atoms with Gasteiger partial charge in [0.1, 0.15) is 53.1 Å². The molecule has 0 spiro atoms. The lowest BCUT2D eigenvalue weighted by Gasteiger charge is -2.45. The third-order valence-corrected chi connectivity index (χ3v) is 13.2. The van der Waals surface area contributed by atoms with Gasteiger partial charge in [-0.25, -0.2) is 14.8 Å². The van der Waals surface area contributed by atoms with E-state index in [0.717, 1.165) is 30.8 Å². The number of pyridine rings is 1. The number of ether oxygens (including phenoxy) is 5. The van der Waals surface area contributed by atoms with Gasteiger partial charge in [0.05, 0.1) is 31.3 Å². The van der Waals surface area contributed by atoms with Crippen molar-refractivity contribution in [1.82, 2.24) is 30.8 Å². The lowest BCUT2D eigenvalue weighted by atomic mass is 9.82. The van der Waals surface area contributed by atoms with Crippen LogP contribution in [-0.4, -0.2) is 120 Å². The molecule has 1 saturated heterocycles. The number of hydrogen-bond donors (Lipinski definition) is 4. The normalized spacial score (nSPS) is 24.7. The Morgan fingerprint density at radius 1 is 1.02 bits per heavy atom. The van der Waals surface area contributed by atoms with E-state index in [-0.39, 0.29) is 43.7 Å². The van der Waals surface area contributed by atoms with Crippen LogP contribution in [0.4, 0.5) is 9.93 Å². The van der Waals surface area contributed by atoms with E-state index in [0.29, 0.717) is 33.8 Å². The minimum absolute atomic E-state index is 0.0312. The summed E-state index contributed by atoms with van der Waals surface area (Å²) in [5.41, 5.74) is -0.519. The van der Waals surface area contributed by atoms with Crippen LogP contribution in [0, 0.1) is 11.3 Å². The summed E-state index contributed by atoms with van der Waals surface area (Å²) in [6.45, 7) is 13.4. The first-order valence-corrected chi connectivity index (χ1v) is 22.4. The number of methoxy groups -OCH3 is 3. The zero-order valence-electron chi connectivity index (χ0n) is 37.2. The molecule has 4 aliphatic rings. The SMILES string of the molecule is C=C[C@@H]1C[C@]1(NC(=O)[C@@H]1C[C@@H](Oc2cc(-c3csc(NC(C)C)n3)nc3cc(OC)ccc23)CN1C(=O)[C@@H](NC(=O)OC1CCCC1)C(C)(C)C)C(=O)NC1C(=O)CC1(OC)OC. The van der Waals surface area contributed by atoms with Gasteiger partial charge in [0.15, 0.2) is 10.9 Å². The van der Waals surface area contributed by atoms with Crippen molar-refractivity contribution >= 4 is 57.0 Å². The highest BCUT2D eigenvalue weighted by molar-refractivity contribution is 7.14. The molecule has 2 aromatic heterocycles. The van der Waals surface area contributed by atoms with E-state index >= 15 is 0 Å². The molecule has 3 aliphatic carbocycles. The van der Waals surface area contributed by atoms with Crippen LogP contribution in [0.5, 0.6) is 11.5 Å². The fourth-order valence-corrected chi connectivity index (χ4v) is 9.58. The molecule has 3 aromatic rings. The van der Waals surface area contributed by atoms with Gasteiger partial charge < -0.3 is 49.9 Å². The molecule has 3 saturated carbocycles. The number of aromatic nitrogens is 2. The number of amides is 4. The number of nitrogens with zero attached hydrogens (tertiary/aromatic N) is 3. The minimum atomic E-state index is -1.46. The Bertz CT molecular complexity index is 2250. The number of anilines is 1. The lowest BCUT2D eigenvalue weighted by Crippen LogP contribution is -2.70. The van der Waals surface area contributed by atoms with Crippen LogP contribution in [0.3, 0.4) is 0 Å². The largest absolute Gasteiger partial charge is 0.497 e. The highest BCUT2D eigenvalue weighted by atomic mass is 32.1. The molecule has 1 aliphatic heterocycles. The third kappa shape index (κ3) is 9.34. The van der Waals surface area contributed by atoms with E-state index in [9.17, 15) is 24.0 Å². The van der Waals surface area contributed by atoms with E-state index in [1.807, 2.05) is 46.1 Å². The number of Topliss-reactive ketones (excluding diaryl/α,β-unsaturated/α-hetero) is 1. The summed E-state index contributed by atoms with van der Waals surface area (Å²) in [6, 6.07) is 4.07. The molecule has 4 amide bonds. The number of ketones is 1. The average Bonchev–Trinajstić information content (AvgIpc) is 3.66. The Balaban J connectivity index is 1.20. The Morgan fingerprint density at radius 3 is 2.37 bits per heavy atom. The van der Waals surface area contributed by atoms with Crippen LogP contribution >= 0.6 is 11.3 Å². The molecule has 18 heteroatoms. The van der Waals surface area contributed by atoms with Gasteiger partial charge in [-0.1, -0.05) is 26.8 Å². The van der Waals surface area contributed by atoms with Crippen LogP contribution < -0.4 is 30.7 Å². The van der Waals surface area contributed by atoms with Crippen molar-refractivity contribution in [3.63, 3.8) is 0 Å². The van der Waals surface area contributed by atoms with Gasteiger partial charge in [0, 0.05) is 55.5 Å². The number of thiazole rings is 1. The van der Waals surface area contributed by atoms with E-state index in [1.54, 1.807) is 31.4 Å². The molecule has 4 fully saturated rings. The highest BCUT2D eigenvalue weighted by Crippen LogP contribution is 2.46. The molecule has 4 N–H and O–H groups in total. The molecule has 0 radical (unpaired) electrons. The monoisotopic (exact) mass is 889 g/mol. The molecule has 0 bridgehead atoms. The number of likely N-dealkylation sites (tertiary alicyclic amines) is 1. The molecule has 7 rings (SSSR count). The van der Waals surface area contributed by atoms with Crippen molar-refractivity contribution in [2.24, 2.45) is 11.3 Å².